The predicted molar refractivity (Wildman–Crippen MR) is 109 cm³/mol. The van der Waals surface area contributed by atoms with E-state index in [0.29, 0.717) is 17.1 Å². The molecule has 0 bridgehead atoms. The van der Waals surface area contributed by atoms with E-state index in [4.69, 9.17) is 0 Å². The molecule has 9 heteroatoms. The van der Waals surface area contributed by atoms with Crippen LogP contribution in [0, 0.1) is 5.82 Å². The Kier molecular flexibility index (Phi) is 4.86. The van der Waals surface area contributed by atoms with Crippen LogP contribution in [-0.2, 0) is 14.8 Å². The van der Waals surface area contributed by atoms with Gasteiger partial charge >= 0.3 is 0 Å². The molecule has 3 aromatic rings. The molecule has 2 heterocycles. The first-order valence-corrected chi connectivity index (χ1v) is 11.0. The lowest BCUT2D eigenvalue weighted by Crippen LogP contribution is -2.26. The van der Waals surface area contributed by atoms with Gasteiger partial charge in [-0.25, -0.2) is 17.8 Å². The van der Waals surface area contributed by atoms with E-state index in [9.17, 15) is 17.6 Å². The normalized spacial score (nSPS) is 16.1. The van der Waals surface area contributed by atoms with Crippen molar-refractivity contribution in [2.24, 2.45) is 0 Å². The number of benzene rings is 2. The lowest BCUT2D eigenvalue weighted by atomic mass is 10.2. The zero-order chi connectivity index (χ0) is 19.7. The number of rotatable bonds is 4. The molecule has 2 aromatic carbocycles. The third kappa shape index (κ3) is 3.76. The first-order chi connectivity index (χ1) is 13.4. The standard InChI is InChI=1S/C19H16FN3O3S2/c20-14-7-6-13(12-16(14)23-10-3-11-28(23,25)26)21-18(24)8-9-19-22-15-4-1-2-5-17(15)27-19/h1-2,4-9,12H,3,10-11H2,(H,21,24)/b9-8+. The summed E-state index contributed by atoms with van der Waals surface area (Å²) in [5.74, 6) is -1.07. The maximum Gasteiger partial charge on any atom is 0.248 e. The van der Waals surface area contributed by atoms with E-state index < -0.39 is 21.7 Å². The quantitative estimate of drug-likeness (QED) is 0.658. The first kappa shape index (κ1) is 18.6. The number of aromatic nitrogens is 1. The van der Waals surface area contributed by atoms with E-state index in [-0.39, 0.29) is 18.0 Å². The molecule has 6 nitrogen and oxygen atoms in total. The number of fused-ring (bicyclic) bond motifs is 1. The lowest BCUT2D eigenvalue weighted by Gasteiger charge is -2.18. The Labute approximate surface area is 165 Å². The van der Waals surface area contributed by atoms with Gasteiger partial charge in [0.2, 0.25) is 15.9 Å². The smallest absolute Gasteiger partial charge is 0.248 e. The van der Waals surface area contributed by atoms with Crippen molar-refractivity contribution in [2.45, 2.75) is 6.42 Å². The third-order valence-electron chi connectivity index (χ3n) is 4.27. The summed E-state index contributed by atoms with van der Waals surface area (Å²) < 4.78 is 40.3. The second-order valence-corrected chi connectivity index (χ2v) is 9.33. The molecule has 1 saturated heterocycles. The Balaban J connectivity index is 1.50. The van der Waals surface area contributed by atoms with E-state index in [0.717, 1.165) is 20.6 Å². The van der Waals surface area contributed by atoms with Crippen LogP contribution in [0.2, 0.25) is 0 Å². The number of hydrogen-bond donors (Lipinski definition) is 1. The maximum atomic E-state index is 14.1. The highest BCUT2D eigenvalue weighted by Gasteiger charge is 2.30. The number of sulfonamides is 1. The Morgan fingerprint density at radius 3 is 2.82 bits per heavy atom. The van der Waals surface area contributed by atoms with E-state index in [1.165, 1.54) is 29.5 Å². The summed E-state index contributed by atoms with van der Waals surface area (Å²) in [5, 5.41) is 3.32. The fourth-order valence-corrected chi connectivity index (χ4v) is 5.42. The summed E-state index contributed by atoms with van der Waals surface area (Å²) in [6, 6.07) is 11.6. The van der Waals surface area contributed by atoms with Gasteiger partial charge in [-0.2, -0.15) is 0 Å². The van der Waals surface area contributed by atoms with Gasteiger partial charge < -0.3 is 5.32 Å². The highest BCUT2D eigenvalue weighted by molar-refractivity contribution is 7.93. The molecule has 1 aliphatic rings. The van der Waals surface area contributed by atoms with Crippen molar-refractivity contribution in [1.82, 2.24) is 4.98 Å². The summed E-state index contributed by atoms with van der Waals surface area (Å²) in [6.45, 7) is 0.230. The molecule has 1 amide bonds. The molecule has 4 rings (SSSR count). The van der Waals surface area contributed by atoms with Crippen LogP contribution in [0.5, 0.6) is 0 Å². The fourth-order valence-electron chi connectivity index (χ4n) is 2.98. The average molecular weight is 417 g/mol. The number of halogens is 1. The Hall–Kier alpha value is -2.78. The minimum atomic E-state index is -3.51. The molecule has 0 saturated carbocycles. The summed E-state index contributed by atoms with van der Waals surface area (Å²) in [4.78, 5) is 16.6. The van der Waals surface area contributed by atoms with Gasteiger partial charge in [-0.15, -0.1) is 11.3 Å². The van der Waals surface area contributed by atoms with Crippen LogP contribution in [0.1, 0.15) is 11.4 Å². The summed E-state index contributed by atoms with van der Waals surface area (Å²) >= 11 is 1.47. The van der Waals surface area contributed by atoms with Crippen molar-refractivity contribution in [3.63, 3.8) is 0 Å². The maximum absolute atomic E-state index is 14.1. The van der Waals surface area contributed by atoms with E-state index in [1.54, 1.807) is 6.08 Å². The molecule has 1 aliphatic heterocycles. The Morgan fingerprint density at radius 1 is 1.25 bits per heavy atom. The Bertz CT molecular complexity index is 1160. The van der Waals surface area contributed by atoms with Gasteiger partial charge in [0.15, 0.2) is 0 Å². The molecule has 1 fully saturated rings. The fraction of sp³-hybridized carbons (Fsp3) is 0.158. The SMILES string of the molecule is O=C(/C=C/c1nc2ccccc2s1)Nc1ccc(F)c(N2CCCS2(=O)=O)c1. The number of amides is 1. The van der Waals surface area contributed by atoms with E-state index in [1.807, 2.05) is 24.3 Å². The van der Waals surface area contributed by atoms with Gasteiger partial charge in [-0.05, 0) is 42.8 Å². The van der Waals surface area contributed by atoms with Crippen molar-refractivity contribution in [3.8, 4) is 0 Å². The minimum Gasteiger partial charge on any atom is -0.322 e. The number of carbonyl (C=O) groups is 1. The highest BCUT2D eigenvalue weighted by atomic mass is 32.2. The van der Waals surface area contributed by atoms with Gasteiger partial charge in [0.05, 0.1) is 21.7 Å². The molecular formula is C19H16FN3O3S2. The van der Waals surface area contributed by atoms with Crippen molar-refractivity contribution < 1.29 is 17.6 Å². The molecule has 0 spiro atoms. The van der Waals surface area contributed by atoms with Gasteiger partial charge in [0, 0.05) is 18.3 Å². The van der Waals surface area contributed by atoms with E-state index in [2.05, 4.69) is 10.3 Å². The van der Waals surface area contributed by atoms with E-state index >= 15 is 0 Å². The van der Waals surface area contributed by atoms with Crippen molar-refractivity contribution in [2.75, 3.05) is 21.9 Å². The third-order valence-corrected chi connectivity index (χ3v) is 7.13. The molecule has 0 unspecified atom stereocenters. The second-order valence-electron chi connectivity index (χ2n) is 6.25. The predicted octanol–water partition coefficient (Wildman–Crippen LogP) is 3.63. The minimum absolute atomic E-state index is 0.00602. The molecule has 1 aromatic heterocycles. The highest BCUT2D eigenvalue weighted by Crippen LogP contribution is 2.29. The number of hydrogen-bond acceptors (Lipinski definition) is 5. The number of carbonyl (C=O) groups excluding carboxylic acids is 1. The van der Waals surface area contributed by atoms with Gasteiger partial charge in [0.1, 0.15) is 10.8 Å². The van der Waals surface area contributed by atoms with Crippen molar-refractivity contribution in [3.05, 3.63) is 59.4 Å². The average Bonchev–Trinajstić information content (AvgIpc) is 3.23. The molecule has 1 N–H and O–H groups in total. The van der Waals surface area contributed by atoms with Crippen LogP contribution in [0.4, 0.5) is 15.8 Å². The zero-order valence-corrected chi connectivity index (χ0v) is 16.3. The number of nitrogens with zero attached hydrogens (tertiary/aromatic N) is 2. The van der Waals surface area contributed by atoms with Crippen LogP contribution in [0.25, 0.3) is 16.3 Å². The topological polar surface area (TPSA) is 79.4 Å². The van der Waals surface area contributed by atoms with Crippen molar-refractivity contribution >= 4 is 54.9 Å². The van der Waals surface area contributed by atoms with Crippen LogP contribution in [0.15, 0.2) is 48.5 Å². The second kappa shape index (κ2) is 7.33. The van der Waals surface area contributed by atoms with Crippen molar-refractivity contribution in [1.29, 1.82) is 0 Å². The van der Waals surface area contributed by atoms with Crippen LogP contribution < -0.4 is 9.62 Å². The summed E-state index contributed by atoms with van der Waals surface area (Å²) in [7, 11) is -3.51. The molecular weight excluding hydrogens is 401 g/mol. The van der Waals surface area contributed by atoms with Gasteiger partial charge in [-0.3, -0.25) is 9.10 Å². The van der Waals surface area contributed by atoms with Gasteiger partial charge in [-0.1, -0.05) is 12.1 Å². The largest absolute Gasteiger partial charge is 0.322 e. The van der Waals surface area contributed by atoms with Crippen LogP contribution in [0.3, 0.4) is 0 Å². The van der Waals surface area contributed by atoms with Crippen LogP contribution >= 0.6 is 11.3 Å². The molecule has 28 heavy (non-hydrogen) atoms. The molecule has 0 aliphatic carbocycles. The molecule has 0 atom stereocenters. The zero-order valence-electron chi connectivity index (χ0n) is 14.6. The summed E-state index contributed by atoms with van der Waals surface area (Å²) in [6.07, 6.45) is 3.39. The number of para-hydroxylation sites is 1. The lowest BCUT2D eigenvalue weighted by molar-refractivity contribution is -0.111. The van der Waals surface area contributed by atoms with Crippen LogP contribution in [-0.4, -0.2) is 31.6 Å². The Morgan fingerprint density at radius 2 is 2.07 bits per heavy atom. The number of nitrogens with one attached hydrogen (secondary N) is 1. The van der Waals surface area contributed by atoms with Gasteiger partial charge in [0.25, 0.3) is 0 Å². The molecule has 0 radical (unpaired) electrons. The monoisotopic (exact) mass is 417 g/mol. The first-order valence-electron chi connectivity index (χ1n) is 8.57. The number of thiazole rings is 1. The number of anilines is 2. The summed E-state index contributed by atoms with van der Waals surface area (Å²) in [5.41, 5.74) is 1.13. The molecule has 144 valence electrons.